The van der Waals surface area contributed by atoms with E-state index in [2.05, 4.69) is 5.10 Å². The van der Waals surface area contributed by atoms with Crippen molar-refractivity contribution in [1.82, 2.24) is 9.78 Å². The predicted octanol–water partition coefficient (Wildman–Crippen LogP) is 4.71. The lowest BCUT2D eigenvalue weighted by molar-refractivity contribution is 0.0479. The van der Waals surface area contributed by atoms with Gasteiger partial charge in [0.2, 0.25) is 0 Å². The lowest BCUT2D eigenvalue weighted by Gasteiger charge is -2.03. The number of carbonyl (C=O) groups is 2. The van der Waals surface area contributed by atoms with Gasteiger partial charge in [-0.2, -0.15) is 5.10 Å². The number of Topliss-reactive ketones (excluding diaryl/α,β-unsaturated/α-hetero) is 1. The average Bonchev–Trinajstić information content (AvgIpc) is 3.28. The standard InChI is InChI=1S/C21H14F2N2O3S/c1-12-17-10-19(21(27)28-11-18(26)13-2-4-14(22)5-3-13)29-20(17)25(24-12)16-8-6-15(23)7-9-16/h2-10H,11H2,1H3. The number of hydrogen-bond donors (Lipinski definition) is 0. The molecule has 0 amide bonds. The third-order valence-electron chi connectivity index (χ3n) is 4.32. The maximum atomic E-state index is 13.2. The summed E-state index contributed by atoms with van der Waals surface area (Å²) in [6.45, 7) is 1.37. The molecule has 0 saturated carbocycles. The highest BCUT2D eigenvalue weighted by Gasteiger charge is 2.19. The van der Waals surface area contributed by atoms with Crippen LogP contribution < -0.4 is 0 Å². The van der Waals surface area contributed by atoms with Crippen molar-refractivity contribution in [3.8, 4) is 5.69 Å². The Labute approximate surface area is 168 Å². The van der Waals surface area contributed by atoms with E-state index >= 15 is 0 Å². The first-order valence-electron chi connectivity index (χ1n) is 8.63. The number of rotatable bonds is 5. The van der Waals surface area contributed by atoms with Crippen molar-refractivity contribution in [3.63, 3.8) is 0 Å². The summed E-state index contributed by atoms with van der Waals surface area (Å²) >= 11 is 1.17. The first kappa shape index (κ1) is 18.9. The number of benzene rings is 2. The molecule has 2 aromatic heterocycles. The molecule has 0 radical (unpaired) electrons. The average molecular weight is 412 g/mol. The number of thiophene rings is 1. The predicted molar refractivity (Wildman–Crippen MR) is 105 cm³/mol. The van der Waals surface area contributed by atoms with E-state index in [9.17, 15) is 18.4 Å². The van der Waals surface area contributed by atoms with E-state index in [0.29, 0.717) is 21.1 Å². The normalized spacial score (nSPS) is 11.0. The van der Waals surface area contributed by atoms with Crippen LogP contribution in [0, 0.1) is 18.6 Å². The third kappa shape index (κ3) is 3.79. The van der Waals surface area contributed by atoms with Gasteiger partial charge in [-0.05, 0) is 61.5 Å². The van der Waals surface area contributed by atoms with Crippen LogP contribution in [0.5, 0.6) is 0 Å². The third-order valence-corrected chi connectivity index (χ3v) is 5.41. The summed E-state index contributed by atoms with van der Waals surface area (Å²) in [5.74, 6) is -1.86. The van der Waals surface area contributed by atoms with Crippen LogP contribution in [-0.4, -0.2) is 28.1 Å². The minimum atomic E-state index is -0.633. The molecule has 146 valence electrons. The smallest absolute Gasteiger partial charge is 0.348 e. The van der Waals surface area contributed by atoms with Gasteiger partial charge in [-0.15, -0.1) is 11.3 Å². The number of esters is 1. The fourth-order valence-corrected chi connectivity index (χ4v) is 3.90. The van der Waals surface area contributed by atoms with E-state index in [4.69, 9.17) is 4.74 Å². The van der Waals surface area contributed by atoms with E-state index < -0.39 is 24.2 Å². The highest BCUT2D eigenvalue weighted by molar-refractivity contribution is 7.20. The van der Waals surface area contributed by atoms with Gasteiger partial charge >= 0.3 is 5.97 Å². The Bertz CT molecular complexity index is 1210. The Hall–Kier alpha value is -3.39. The summed E-state index contributed by atoms with van der Waals surface area (Å²) in [5, 5.41) is 5.21. The van der Waals surface area contributed by atoms with Crippen LogP contribution in [0.4, 0.5) is 8.78 Å². The molecule has 0 unspecified atom stereocenters. The Kier molecular flexibility index (Phi) is 4.94. The van der Waals surface area contributed by atoms with E-state index in [1.807, 2.05) is 6.92 Å². The molecule has 29 heavy (non-hydrogen) atoms. The number of ketones is 1. The highest BCUT2D eigenvalue weighted by atomic mass is 32.1. The quantitative estimate of drug-likeness (QED) is 0.352. The van der Waals surface area contributed by atoms with Crippen molar-refractivity contribution in [2.45, 2.75) is 6.92 Å². The van der Waals surface area contributed by atoms with Crippen LogP contribution in [0.2, 0.25) is 0 Å². The first-order chi connectivity index (χ1) is 13.9. The molecule has 5 nitrogen and oxygen atoms in total. The molecular formula is C21H14F2N2O3S. The minimum Gasteiger partial charge on any atom is -0.453 e. The van der Waals surface area contributed by atoms with Crippen molar-refractivity contribution in [2.75, 3.05) is 6.61 Å². The molecule has 0 aliphatic carbocycles. The Morgan fingerprint density at radius 3 is 2.31 bits per heavy atom. The fourth-order valence-electron chi connectivity index (χ4n) is 2.83. The number of hydrogen-bond acceptors (Lipinski definition) is 5. The van der Waals surface area contributed by atoms with E-state index in [0.717, 1.165) is 5.39 Å². The Morgan fingerprint density at radius 2 is 1.66 bits per heavy atom. The van der Waals surface area contributed by atoms with Crippen molar-refractivity contribution >= 4 is 33.3 Å². The summed E-state index contributed by atoms with van der Waals surface area (Å²) in [6, 6.07) is 12.5. The summed E-state index contributed by atoms with van der Waals surface area (Å²) in [7, 11) is 0. The number of carbonyl (C=O) groups excluding carboxylic acids is 2. The summed E-state index contributed by atoms with van der Waals surface area (Å²) < 4.78 is 32.9. The molecule has 0 aliphatic rings. The van der Waals surface area contributed by atoms with Crippen LogP contribution in [0.3, 0.4) is 0 Å². The van der Waals surface area contributed by atoms with Gasteiger partial charge in [0.25, 0.3) is 0 Å². The zero-order chi connectivity index (χ0) is 20.5. The Balaban J connectivity index is 1.54. The first-order valence-corrected chi connectivity index (χ1v) is 9.45. The molecule has 2 aromatic carbocycles. The highest BCUT2D eigenvalue weighted by Crippen LogP contribution is 2.30. The second-order valence-corrected chi connectivity index (χ2v) is 7.34. The second kappa shape index (κ2) is 7.56. The fraction of sp³-hybridized carbons (Fsp3) is 0.0952. The second-order valence-electron chi connectivity index (χ2n) is 6.31. The largest absolute Gasteiger partial charge is 0.453 e. The van der Waals surface area contributed by atoms with Crippen molar-refractivity contribution in [2.24, 2.45) is 0 Å². The number of halogens is 2. The van der Waals surface area contributed by atoms with Crippen LogP contribution >= 0.6 is 11.3 Å². The molecule has 0 saturated heterocycles. The number of aryl methyl sites for hydroxylation is 1. The van der Waals surface area contributed by atoms with Crippen LogP contribution in [-0.2, 0) is 4.74 Å². The van der Waals surface area contributed by atoms with Crippen LogP contribution in [0.15, 0.2) is 54.6 Å². The molecule has 0 bridgehead atoms. The monoisotopic (exact) mass is 412 g/mol. The van der Waals surface area contributed by atoms with Crippen LogP contribution in [0.1, 0.15) is 25.7 Å². The van der Waals surface area contributed by atoms with Gasteiger partial charge in [-0.1, -0.05) is 0 Å². The Morgan fingerprint density at radius 1 is 1.03 bits per heavy atom. The number of ether oxygens (including phenoxy) is 1. The molecule has 4 rings (SSSR count). The van der Waals surface area contributed by atoms with Gasteiger partial charge in [-0.3, -0.25) is 4.79 Å². The van der Waals surface area contributed by atoms with Gasteiger partial charge < -0.3 is 4.74 Å². The molecule has 0 fully saturated rings. The molecule has 2 heterocycles. The lowest BCUT2D eigenvalue weighted by Crippen LogP contribution is -2.13. The summed E-state index contributed by atoms with van der Waals surface area (Å²) in [4.78, 5) is 25.5. The molecule has 0 N–H and O–H groups in total. The van der Waals surface area contributed by atoms with Gasteiger partial charge in [0.1, 0.15) is 21.3 Å². The summed E-state index contributed by atoms with van der Waals surface area (Å²) in [5.41, 5.74) is 1.64. The van der Waals surface area contributed by atoms with E-state index in [1.54, 1.807) is 22.9 Å². The molecular weight excluding hydrogens is 398 g/mol. The topological polar surface area (TPSA) is 61.2 Å². The molecule has 0 spiro atoms. The van der Waals surface area contributed by atoms with Gasteiger partial charge in [0.05, 0.1) is 11.4 Å². The number of aromatic nitrogens is 2. The van der Waals surface area contributed by atoms with Gasteiger partial charge in [0.15, 0.2) is 12.4 Å². The van der Waals surface area contributed by atoms with Gasteiger partial charge in [-0.25, -0.2) is 18.3 Å². The van der Waals surface area contributed by atoms with Crippen molar-refractivity contribution < 1.29 is 23.1 Å². The van der Waals surface area contributed by atoms with E-state index in [1.165, 1.54) is 47.7 Å². The zero-order valence-corrected chi connectivity index (χ0v) is 16.0. The molecule has 0 atom stereocenters. The minimum absolute atomic E-state index is 0.262. The molecule has 0 aliphatic heterocycles. The van der Waals surface area contributed by atoms with Gasteiger partial charge in [0, 0.05) is 10.9 Å². The van der Waals surface area contributed by atoms with Crippen molar-refractivity contribution in [3.05, 3.63) is 82.4 Å². The maximum Gasteiger partial charge on any atom is 0.348 e. The zero-order valence-electron chi connectivity index (χ0n) is 15.2. The van der Waals surface area contributed by atoms with Crippen LogP contribution in [0.25, 0.3) is 15.9 Å². The number of nitrogens with zero attached hydrogens (tertiary/aromatic N) is 2. The molecule has 4 aromatic rings. The number of fused-ring (bicyclic) bond motifs is 1. The van der Waals surface area contributed by atoms with Crippen molar-refractivity contribution in [1.29, 1.82) is 0 Å². The SMILES string of the molecule is Cc1nn(-c2ccc(F)cc2)c2sc(C(=O)OCC(=O)c3ccc(F)cc3)cc12. The molecule has 8 heteroatoms. The van der Waals surface area contributed by atoms with E-state index in [-0.39, 0.29) is 11.4 Å². The maximum absolute atomic E-state index is 13.2. The summed E-state index contributed by atoms with van der Waals surface area (Å²) in [6.07, 6.45) is 0. The lowest BCUT2D eigenvalue weighted by atomic mass is 10.1.